The van der Waals surface area contributed by atoms with Crippen molar-refractivity contribution in [3.63, 3.8) is 0 Å². The number of aliphatic imine (C=N–C) groups is 1. The number of nitrogens with two attached hydrogens (primary N) is 4. The maximum atomic E-state index is 15.1. The van der Waals surface area contributed by atoms with Crippen LogP contribution in [0.25, 0.3) is 21.7 Å². The summed E-state index contributed by atoms with van der Waals surface area (Å²) in [6.45, 7) is -0.437. The van der Waals surface area contributed by atoms with Gasteiger partial charge in [-0.15, -0.1) is 0 Å². The average molecular weight is 1620 g/mol. The highest BCUT2D eigenvalue weighted by molar-refractivity contribution is 8.76. The fraction of sp³-hybridized carbons (Fsp3) is 0.493. The van der Waals surface area contributed by atoms with Crippen LogP contribution in [0.2, 0.25) is 0 Å². The zero-order valence-corrected chi connectivity index (χ0v) is 62.9. The second-order valence-electron chi connectivity index (χ2n) is 26.9. The molecule has 3 aromatic carbocycles. The van der Waals surface area contributed by atoms with Gasteiger partial charge in [0.2, 0.25) is 65.0 Å². The first-order chi connectivity index (χ1) is 53.8. The average Bonchev–Trinajstić information content (AvgIpc) is 1.73. The van der Waals surface area contributed by atoms with Crippen molar-refractivity contribution in [3.8, 4) is 0 Å². The van der Waals surface area contributed by atoms with Crippen LogP contribution in [0.3, 0.4) is 0 Å². The van der Waals surface area contributed by atoms with Crippen molar-refractivity contribution in [1.29, 1.82) is 0 Å². The van der Waals surface area contributed by atoms with Gasteiger partial charge in [0.1, 0.15) is 60.6 Å². The number of carboxylic acids is 3. The number of nitrogens with zero attached hydrogens (tertiary/aromatic N) is 4. The Bertz CT molecular complexity index is 4210. The van der Waals surface area contributed by atoms with E-state index >= 15 is 14.4 Å². The van der Waals surface area contributed by atoms with Crippen LogP contribution in [0.4, 0.5) is 13.2 Å². The summed E-state index contributed by atoms with van der Waals surface area (Å²) in [6.07, 6.45) is -3.38. The van der Waals surface area contributed by atoms with Crippen LogP contribution < -0.4 is 70.8 Å². The number of H-pyrrole nitrogens is 2. The van der Waals surface area contributed by atoms with Crippen molar-refractivity contribution >= 4 is 132 Å². The predicted molar refractivity (Wildman–Crippen MR) is 405 cm³/mol. The smallest absolute Gasteiger partial charge is 0.481 e. The molecular formula is C71H94F3N19O18S2. The second-order valence-corrected chi connectivity index (χ2v) is 29.5. The molecule has 37 nitrogen and oxygen atoms in total. The van der Waals surface area contributed by atoms with Gasteiger partial charge >= 0.3 is 24.1 Å². The number of rotatable bonds is 26. The summed E-state index contributed by atoms with van der Waals surface area (Å²) in [6, 6.07) is 6.04. The third-order valence-electron chi connectivity index (χ3n) is 18.5. The van der Waals surface area contributed by atoms with Crippen LogP contribution in [0, 0.1) is 0 Å². The van der Waals surface area contributed by atoms with Crippen molar-refractivity contribution in [2.24, 2.45) is 27.9 Å². The minimum Gasteiger partial charge on any atom is -0.481 e. The Morgan fingerprint density at radius 1 is 0.673 bits per heavy atom. The van der Waals surface area contributed by atoms with E-state index in [1.165, 1.54) is 22.3 Å². The van der Waals surface area contributed by atoms with Crippen molar-refractivity contribution in [1.82, 2.24) is 72.6 Å². The number of likely N-dealkylation sites (tertiary alicyclic amines) is 2. The Balaban J connectivity index is 0.00000241. The minimum absolute atomic E-state index is 0.0114. The van der Waals surface area contributed by atoms with Crippen LogP contribution in [0.1, 0.15) is 100 Å². The second kappa shape index (κ2) is 43.6. The van der Waals surface area contributed by atoms with E-state index in [9.17, 15) is 76.4 Å². The number of unbranched alkanes of at least 4 members (excludes halogenated alkanes) is 1. The van der Waals surface area contributed by atoms with Gasteiger partial charge in [-0.25, -0.2) is 9.78 Å². The lowest BCUT2D eigenvalue weighted by Crippen LogP contribution is -2.60. The van der Waals surface area contributed by atoms with Crippen molar-refractivity contribution in [2.45, 2.75) is 176 Å². The van der Waals surface area contributed by atoms with E-state index in [-0.39, 0.29) is 101 Å². The summed E-state index contributed by atoms with van der Waals surface area (Å²) >= 11 is 0. The first-order valence-electron chi connectivity index (χ1n) is 36.3. The number of alkyl halides is 3. The Kier molecular flexibility index (Phi) is 34.4. The standard InChI is InChI=1S/C69H93N19O16S2.C2HF3O2/c70-23-6-5-14-45(61(97)83-48(59(71)95)32-58(93)94)82-66(102)53-16-8-25-87(53)68(104)54-17-9-26-88(54)67(103)52-36-106-105-27-22-55(89)79-47(20-21-57(91)92)63(99)86-51(31-42-34-74-37-78-42)65(101)84-49(29-38-18-19-39-10-1-2-11-40(39)28-38)64(100)81-46(15-7-24-75-69(72)73)62(98)85-50(60(96)77-35-56(90)80-52)30-41-33-76-44-13-4-3-12-43(41)44;3-2(4,5)1(6)7/h1-4,10-13,18-19,28,33-34,37,45-54,59,76,95H,5-9,14-17,20-27,29-32,35-36,70-71H2,(H,74,78)(H,77,96)(H,79,89)(H,80,90)(H,81,100)(H,82,102)(H,83,97)(H,84,101)(H,85,98)(H,86,99)(H,91,92)(H,93,94)(H4,72,73,75);(H,6,7)/t45-,46-,47-,48-,49+,50-,51-,52-,53-,54-,59?;/m0./s1. The number of carbonyl (C=O) groups is 14. The molecule has 3 aliphatic heterocycles. The first kappa shape index (κ1) is 89.1. The van der Waals surface area contributed by atoms with Gasteiger partial charge in [-0.1, -0.05) is 82.3 Å². The molecule has 0 saturated carbocycles. The maximum Gasteiger partial charge on any atom is 0.490 e. The number of aliphatic hydroxyl groups is 1. The molecule has 42 heteroatoms. The number of aromatic amines is 2. The molecule has 2 aromatic heterocycles. The van der Waals surface area contributed by atoms with Gasteiger partial charge in [-0.2, -0.15) is 13.2 Å². The lowest BCUT2D eigenvalue weighted by Gasteiger charge is -2.33. The zero-order chi connectivity index (χ0) is 82.5. The SMILES string of the molecule is NCCCC[C@H](NC(=O)[C@@H]1CCCN1C(=O)[C@@H]1CCCN1C(=O)[C@@H]1CSSCCC(=O)N[C@@H](CCC(=O)O)C(=O)N[C@@H](Cc2cnc[nH]2)C(=O)N[C@H](Cc2ccc3ccccc3c2)C(=O)N[C@@H](CCCN=C(N)N)C(=O)N[C@@H](Cc2c[nH]c3ccccc23)C(=O)NCC(=O)N1)C(=O)N[C@@H](CC(=O)O)C(N)O.O=C(O)C(F)(F)F. The fourth-order valence-corrected chi connectivity index (χ4v) is 14.9. The molecule has 5 aromatic rings. The summed E-state index contributed by atoms with van der Waals surface area (Å²) in [7, 11) is 2.13. The zero-order valence-electron chi connectivity index (χ0n) is 61.3. The summed E-state index contributed by atoms with van der Waals surface area (Å²) in [5, 5.41) is 62.7. The molecular weight excluding hydrogens is 1530 g/mol. The number of benzene rings is 3. The van der Waals surface area contributed by atoms with Crippen molar-refractivity contribution in [3.05, 3.63) is 102 Å². The van der Waals surface area contributed by atoms with E-state index in [0.29, 0.717) is 53.4 Å². The molecule has 5 heterocycles. The molecule has 614 valence electrons. The molecule has 8 rings (SSSR count). The van der Waals surface area contributed by atoms with Crippen LogP contribution >= 0.6 is 21.6 Å². The molecule has 3 saturated heterocycles. The van der Waals surface area contributed by atoms with Crippen molar-refractivity contribution in [2.75, 3.05) is 44.2 Å². The molecule has 1 unspecified atom stereocenters. The molecule has 11 amide bonds. The number of hydrogen-bond acceptors (Lipinski definition) is 21. The number of aliphatic hydroxyl groups excluding tert-OH is 1. The lowest BCUT2D eigenvalue weighted by molar-refractivity contribution is -0.192. The quantitative estimate of drug-likeness (QED) is 0.00961. The number of guanidine groups is 1. The predicted octanol–water partition coefficient (Wildman–Crippen LogP) is -1.73. The van der Waals surface area contributed by atoms with E-state index in [1.807, 2.05) is 36.4 Å². The Morgan fingerprint density at radius 3 is 1.93 bits per heavy atom. The number of imidazole rings is 1. The first-order valence-corrected chi connectivity index (χ1v) is 38.8. The maximum absolute atomic E-state index is 15.1. The third kappa shape index (κ3) is 27.9. The fourth-order valence-electron chi connectivity index (χ4n) is 12.8. The number of carboxylic acid groups (broad SMARTS) is 3. The Hall–Kier alpha value is -11.1. The van der Waals surface area contributed by atoms with Gasteiger partial charge in [0.15, 0.2) is 5.96 Å². The van der Waals surface area contributed by atoms with Gasteiger partial charge < -0.3 is 111 Å². The summed E-state index contributed by atoms with van der Waals surface area (Å²) in [4.78, 5) is 210. The van der Waals surface area contributed by atoms with Crippen LogP contribution in [-0.2, 0) is 86.4 Å². The number of fused-ring (bicyclic) bond motifs is 2. The molecule has 3 aliphatic rings. The molecule has 0 spiro atoms. The number of para-hydroxylation sites is 1. The van der Waals surface area contributed by atoms with Gasteiger partial charge in [0.05, 0.1) is 25.3 Å². The van der Waals surface area contributed by atoms with Gasteiger partial charge in [-0.3, -0.25) is 67.3 Å². The molecule has 113 heavy (non-hydrogen) atoms. The number of aliphatic carboxylic acids is 3. The normalized spacial score (nSPS) is 21.6. The van der Waals surface area contributed by atoms with E-state index in [4.69, 9.17) is 32.8 Å². The van der Waals surface area contributed by atoms with Crippen LogP contribution in [0.15, 0.2) is 90.4 Å². The van der Waals surface area contributed by atoms with Gasteiger partial charge in [-0.05, 0) is 98.7 Å². The number of carbonyl (C=O) groups excluding carboxylic acids is 11. The molecule has 0 bridgehead atoms. The largest absolute Gasteiger partial charge is 0.490 e. The Morgan fingerprint density at radius 2 is 1.29 bits per heavy atom. The van der Waals surface area contributed by atoms with Gasteiger partial charge in [0.25, 0.3) is 0 Å². The Labute approximate surface area is 652 Å². The number of halogens is 3. The highest BCUT2D eigenvalue weighted by Crippen LogP contribution is 2.29. The summed E-state index contributed by atoms with van der Waals surface area (Å²) in [5.41, 5.74) is 24.8. The van der Waals surface area contributed by atoms with E-state index in [0.717, 1.165) is 32.4 Å². The topological polar surface area (TPSA) is 596 Å². The van der Waals surface area contributed by atoms with E-state index in [1.54, 1.807) is 36.5 Å². The van der Waals surface area contributed by atoms with Gasteiger partial charge in [0, 0.05) is 92.2 Å². The summed E-state index contributed by atoms with van der Waals surface area (Å²) in [5.74, 6) is -14.9. The molecule has 0 radical (unpaired) electrons. The van der Waals surface area contributed by atoms with Crippen LogP contribution in [-0.4, -0.2) is 251 Å². The highest BCUT2D eigenvalue weighted by Gasteiger charge is 2.45. The monoisotopic (exact) mass is 1620 g/mol. The molecule has 3 fully saturated rings. The molecule has 0 aliphatic carbocycles. The minimum atomic E-state index is -5.08. The van der Waals surface area contributed by atoms with E-state index in [2.05, 4.69) is 67.8 Å². The lowest BCUT2D eigenvalue weighted by atomic mass is 9.99. The number of hydrogen-bond donors (Lipinski definition) is 19. The third-order valence-corrected chi connectivity index (χ3v) is 20.9. The molecule has 23 N–H and O–H groups in total. The van der Waals surface area contributed by atoms with Crippen LogP contribution in [0.5, 0.6) is 0 Å². The number of aromatic nitrogens is 3. The van der Waals surface area contributed by atoms with E-state index < -0.39 is 182 Å². The molecule has 11 atom stereocenters. The number of nitrogens with one attached hydrogen (secondary N) is 11. The number of amides is 11. The van der Waals surface area contributed by atoms with Crippen molar-refractivity contribution < 1.29 is 101 Å². The summed E-state index contributed by atoms with van der Waals surface area (Å²) < 4.78 is 31.7. The highest BCUT2D eigenvalue weighted by atomic mass is 33.1.